The van der Waals surface area contributed by atoms with E-state index in [2.05, 4.69) is 30.8 Å². The van der Waals surface area contributed by atoms with E-state index in [0.29, 0.717) is 37.1 Å². The van der Waals surface area contributed by atoms with Gasteiger partial charge in [-0.05, 0) is 38.1 Å². The average molecular weight is 528 g/mol. The summed E-state index contributed by atoms with van der Waals surface area (Å²) in [4.78, 5) is 8.91. The van der Waals surface area contributed by atoms with E-state index in [4.69, 9.17) is 9.15 Å². The van der Waals surface area contributed by atoms with E-state index in [1.807, 2.05) is 19.9 Å². The van der Waals surface area contributed by atoms with Crippen LogP contribution in [-0.4, -0.2) is 46.9 Å². The topological polar surface area (TPSA) is 100 Å². The highest BCUT2D eigenvalue weighted by Crippen LogP contribution is 2.17. The third-order valence-corrected chi connectivity index (χ3v) is 3.94. The van der Waals surface area contributed by atoms with Gasteiger partial charge in [-0.15, -0.1) is 24.0 Å². The summed E-state index contributed by atoms with van der Waals surface area (Å²) in [5.74, 6) is 2.40. The van der Waals surface area contributed by atoms with Crippen molar-refractivity contribution in [2.45, 2.75) is 26.4 Å². The Morgan fingerprint density at radius 2 is 2.10 bits per heavy atom. The molecule has 2 heterocycles. The van der Waals surface area contributed by atoms with Crippen molar-refractivity contribution in [2.75, 3.05) is 19.6 Å². The molecule has 0 fully saturated rings. The summed E-state index contributed by atoms with van der Waals surface area (Å²) in [6.07, 6.45) is 1.95. The van der Waals surface area contributed by atoms with Crippen LogP contribution < -0.4 is 15.4 Å². The molecule has 0 saturated heterocycles. The molecule has 3 aromatic rings. The fourth-order valence-corrected chi connectivity index (χ4v) is 2.58. The second-order valence-corrected chi connectivity index (χ2v) is 6.34. The van der Waals surface area contributed by atoms with Crippen molar-refractivity contribution in [2.24, 2.45) is 4.99 Å². The van der Waals surface area contributed by atoms with E-state index in [0.717, 1.165) is 12.4 Å². The van der Waals surface area contributed by atoms with Gasteiger partial charge < -0.3 is 19.8 Å². The van der Waals surface area contributed by atoms with Gasteiger partial charge in [-0.2, -0.15) is 5.10 Å². The number of benzene rings is 1. The van der Waals surface area contributed by atoms with E-state index in [-0.39, 0.29) is 41.6 Å². The predicted molar refractivity (Wildman–Crippen MR) is 124 cm³/mol. The number of nitrogens with one attached hydrogen (secondary N) is 3. The van der Waals surface area contributed by atoms with Crippen LogP contribution >= 0.6 is 24.0 Å². The Morgan fingerprint density at radius 3 is 2.83 bits per heavy atom. The Balaban J connectivity index is 0.00000320. The summed E-state index contributed by atoms with van der Waals surface area (Å²) in [5, 5.41) is 13.5. The third-order valence-electron chi connectivity index (χ3n) is 3.94. The maximum absolute atomic E-state index is 13.7. The molecule has 3 N–H and O–H groups in total. The number of guanidine groups is 1. The zero-order valence-corrected chi connectivity index (χ0v) is 19.2. The Kier molecular flexibility index (Phi) is 9.58. The molecule has 0 amide bonds. The number of rotatable bonds is 9. The highest BCUT2D eigenvalue weighted by atomic mass is 127. The summed E-state index contributed by atoms with van der Waals surface area (Å²) in [5.41, 5.74) is 0. The molecule has 0 aliphatic rings. The van der Waals surface area contributed by atoms with Crippen LogP contribution in [0.5, 0.6) is 5.75 Å². The number of nitrogens with zero attached hydrogens (tertiary/aromatic N) is 3. The Bertz CT molecular complexity index is 916. The minimum atomic E-state index is -0.380. The minimum absolute atomic E-state index is 0. The lowest BCUT2D eigenvalue weighted by Crippen LogP contribution is -2.39. The molecule has 0 saturated carbocycles. The Hall–Kier alpha value is -2.63. The van der Waals surface area contributed by atoms with Crippen molar-refractivity contribution in [3.63, 3.8) is 0 Å². The maximum Gasteiger partial charge on any atom is 0.216 e. The molecule has 30 heavy (non-hydrogen) atoms. The van der Waals surface area contributed by atoms with E-state index in [1.165, 1.54) is 6.07 Å². The molecule has 0 aliphatic carbocycles. The monoisotopic (exact) mass is 528 g/mol. The summed E-state index contributed by atoms with van der Waals surface area (Å²) >= 11 is 0. The standard InChI is InChI=1S/C20H25FN6O2.HI/c1-3-22-20(24-13-14(2)29-16-8-5-4-7-15(16)21)23-11-10-18-25-19(27-26-18)17-9-6-12-28-17;/h4-9,12,14H,3,10-11,13H2,1-2H3,(H2,22,23,24)(H,25,26,27);1H. The van der Waals surface area contributed by atoms with Crippen LogP contribution in [-0.2, 0) is 6.42 Å². The predicted octanol–water partition coefficient (Wildman–Crippen LogP) is 3.39. The molecule has 8 nitrogen and oxygen atoms in total. The average Bonchev–Trinajstić information content (AvgIpc) is 3.39. The lowest BCUT2D eigenvalue weighted by atomic mass is 10.3. The number of hydrogen-bond donors (Lipinski definition) is 3. The Labute approximate surface area is 191 Å². The summed E-state index contributed by atoms with van der Waals surface area (Å²) in [6, 6.07) is 9.95. The molecule has 1 unspecified atom stereocenters. The maximum atomic E-state index is 13.7. The first kappa shape index (κ1) is 23.6. The molecule has 10 heteroatoms. The van der Waals surface area contributed by atoms with Gasteiger partial charge in [0, 0.05) is 19.5 Å². The lowest BCUT2D eigenvalue weighted by molar-refractivity contribution is 0.220. The molecule has 2 aromatic heterocycles. The van der Waals surface area contributed by atoms with Crippen molar-refractivity contribution in [1.82, 2.24) is 25.8 Å². The van der Waals surface area contributed by atoms with E-state index < -0.39 is 0 Å². The van der Waals surface area contributed by atoms with E-state index in [1.54, 1.807) is 30.5 Å². The van der Waals surface area contributed by atoms with Crippen LogP contribution in [0.4, 0.5) is 4.39 Å². The van der Waals surface area contributed by atoms with Crippen molar-refractivity contribution in [3.05, 3.63) is 54.3 Å². The van der Waals surface area contributed by atoms with Crippen LogP contribution in [0.15, 0.2) is 52.1 Å². The number of furan rings is 1. The molecule has 162 valence electrons. The fraction of sp³-hybridized carbons (Fsp3) is 0.350. The van der Waals surface area contributed by atoms with Gasteiger partial charge >= 0.3 is 0 Å². The van der Waals surface area contributed by atoms with Crippen molar-refractivity contribution in [3.8, 4) is 17.3 Å². The van der Waals surface area contributed by atoms with Gasteiger partial charge in [0.25, 0.3) is 0 Å². The quantitative estimate of drug-likeness (QED) is 0.224. The second-order valence-electron chi connectivity index (χ2n) is 6.34. The molecular formula is C20H26FIN6O2. The Morgan fingerprint density at radius 1 is 1.27 bits per heavy atom. The number of aliphatic imine (C=N–C) groups is 1. The molecule has 0 radical (unpaired) electrons. The largest absolute Gasteiger partial charge is 0.486 e. The number of aromatic amines is 1. The van der Waals surface area contributed by atoms with Crippen LogP contribution in [0.3, 0.4) is 0 Å². The number of ether oxygens (including phenoxy) is 1. The van der Waals surface area contributed by atoms with Gasteiger partial charge in [0.15, 0.2) is 23.3 Å². The first-order chi connectivity index (χ1) is 14.2. The first-order valence-electron chi connectivity index (χ1n) is 9.54. The number of H-pyrrole nitrogens is 1. The van der Waals surface area contributed by atoms with Crippen LogP contribution in [0.1, 0.15) is 19.7 Å². The van der Waals surface area contributed by atoms with Gasteiger partial charge in [0.05, 0.1) is 12.8 Å². The fourth-order valence-electron chi connectivity index (χ4n) is 2.58. The van der Waals surface area contributed by atoms with E-state index >= 15 is 0 Å². The normalized spacial score (nSPS) is 12.2. The van der Waals surface area contributed by atoms with Crippen molar-refractivity contribution >= 4 is 29.9 Å². The number of para-hydroxylation sites is 1. The van der Waals surface area contributed by atoms with Crippen LogP contribution in [0.25, 0.3) is 11.6 Å². The second kappa shape index (κ2) is 12.2. The summed E-state index contributed by atoms with van der Waals surface area (Å²) < 4.78 is 24.6. The molecule has 0 aliphatic heterocycles. The third kappa shape index (κ3) is 7.01. The summed E-state index contributed by atoms with van der Waals surface area (Å²) in [7, 11) is 0. The minimum Gasteiger partial charge on any atom is -0.486 e. The lowest BCUT2D eigenvalue weighted by Gasteiger charge is -2.15. The van der Waals surface area contributed by atoms with Gasteiger partial charge in [-0.25, -0.2) is 14.4 Å². The van der Waals surface area contributed by atoms with Crippen molar-refractivity contribution < 1.29 is 13.5 Å². The zero-order valence-electron chi connectivity index (χ0n) is 16.9. The summed E-state index contributed by atoms with van der Waals surface area (Å²) in [6.45, 7) is 5.56. The highest BCUT2D eigenvalue weighted by molar-refractivity contribution is 14.0. The first-order valence-corrected chi connectivity index (χ1v) is 9.54. The zero-order chi connectivity index (χ0) is 20.5. The smallest absolute Gasteiger partial charge is 0.216 e. The highest BCUT2D eigenvalue weighted by Gasteiger charge is 2.10. The molecule has 3 rings (SSSR count). The van der Waals surface area contributed by atoms with Crippen LogP contribution in [0, 0.1) is 5.82 Å². The molecular weight excluding hydrogens is 502 g/mol. The molecule has 0 bridgehead atoms. The molecule has 1 atom stereocenters. The van der Waals surface area contributed by atoms with Gasteiger partial charge in [0.1, 0.15) is 11.9 Å². The SMILES string of the molecule is CCNC(=NCC(C)Oc1ccccc1F)NCCc1nc(-c2ccco2)n[nH]1.I. The van der Waals surface area contributed by atoms with Crippen molar-refractivity contribution in [1.29, 1.82) is 0 Å². The van der Waals surface area contributed by atoms with Crippen LogP contribution in [0.2, 0.25) is 0 Å². The number of halogens is 2. The molecule has 0 spiro atoms. The number of hydrogen-bond acceptors (Lipinski definition) is 5. The molecule has 1 aromatic carbocycles. The van der Waals surface area contributed by atoms with Gasteiger partial charge in [0.2, 0.25) is 5.82 Å². The number of aromatic nitrogens is 3. The van der Waals surface area contributed by atoms with Gasteiger partial charge in [-0.1, -0.05) is 12.1 Å². The van der Waals surface area contributed by atoms with Gasteiger partial charge in [-0.3, -0.25) is 5.10 Å². The van der Waals surface area contributed by atoms with E-state index in [9.17, 15) is 4.39 Å².